The van der Waals surface area contributed by atoms with Gasteiger partial charge in [0.05, 0.1) is 28.0 Å². The summed E-state index contributed by atoms with van der Waals surface area (Å²) < 4.78 is 5.60. The van der Waals surface area contributed by atoms with E-state index in [2.05, 4.69) is 22.2 Å². The number of allylic oxidation sites excluding steroid dienone is 1. The summed E-state index contributed by atoms with van der Waals surface area (Å²) in [6.07, 6.45) is 2.02. The summed E-state index contributed by atoms with van der Waals surface area (Å²) in [5.41, 5.74) is 8.06. The zero-order valence-electron chi connectivity index (χ0n) is 17.6. The molecule has 0 unspecified atom stereocenters. The van der Waals surface area contributed by atoms with Crippen LogP contribution >= 0.6 is 0 Å². The van der Waals surface area contributed by atoms with Gasteiger partial charge in [0.25, 0.3) is 5.69 Å². The SMILES string of the molecule is N#C/C(=C/c1ccc(Oc2ccc([N+](=O)[O-])cn2)cc1)C1=NN(c2ccccc2)[C@H](N)[C@H]1C#N. The summed E-state index contributed by atoms with van der Waals surface area (Å²) in [6.45, 7) is 0. The number of aromatic nitrogens is 1. The van der Waals surface area contributed by atoms with E-state index in [1.807, 2.05) is 30.3 Å². The van der Waals surface area contributed by atoms with Gasteiger partial charge in [0.2, 0.25) is 5.88 Å². The molecule has 2 atom stereocenters. The zero-order valence-corrected chi connectivity index (χ0v) is 17.6. The predicted octanol–water partition coefficient (Wildman–Crippen LogP) is 3.99. The summed E-state index contributed by atoms with van der Waals surface area (Å²) in [5, 5.41) is 36.2. The van der Waals surface area contributed by atoms with Crippen LogP contribution in [0.25, 0.3) is 6.08 Å². The molecule has 2 heterocycles. The molecule has 10 heteroatoms. The van der Waals surface area contributed by atoms with Gasteiger partial charge in [-0.1, -0.05) is 30.3 Å². The van der Waals surface area contributed by atoms with Crippen molar-refractivity contribution in [1.82, 2.24) is 4.98 Å². The fourth-order valence-electron chi connectivity index (χ4n) is 3.34. The second-order valence-corrected chi connectivity index (χ2v) is 7.22. The first-order valence-electron chi connectivity index (χ1n) is 10.1. The number of anilines is 1. The average molecular weight is 451 g/mol. The molecular formula is C24H17N7O3. The highest BCUT2D eigenvalue weighted by molar-refractivity contribution is 6.11. The number of nitrogens with two attached hydrogens (primary N) is 1. The third-order valence-corrected chi connectivity index (χ3v) is 5.04. The van der Waals surface area contributed by atoms with Crippen LogP contribution in [-0.2, 0) is 0 Å². The molecule has 2 N–H and O–H groups in total. The van der Waals surface area contributed by atoms with Gasteiger partial charge in [0.1, 0.15) is 30.1 Å². The van der Waals surface area contributed by atoms with Crippen molar-refractivity contribution in [3.63, 3.8) is 0 Å². The average Bonchev–Trinajstić information content (AvgIpc) is 3.20. The van der Waals surface area contributed by atoms with Crippen molar-refractivity contribution in [3.05, 3.63) is 94.2 Å². The standard InChI is InChI=1S/C24H17N7O3/c25-13-17(23-21(14-26)24(27)30(29-23)18-4-2-1-3-5-18)12-16-6-9-20(10-7-16)34-22-11-8-19(15-28-22)31(32)33/h1-12,15,21,24H,27H2/b17-12-/t21-,24-/m0/s1. The van der Waals surface area contributed by atoms with Gasteiger partial charge in [0.15, 0.2) is 0 Å². The lowest BCUT2D eigenvalue weighted by Crippen LogP contribution is -2.40. The van der Waals surface area contributed by atoms with Crippen molar-refractivity contribution in [1.29, 1.82) is 10.5 Å². The van der Waals surface area contributed by atoms with Crippen LogP contribution in [0.4, 0.5) is 11.4 Å². The molecule has 1 aliphatic rings. The van der Waals surface area contributed by atoms with Gasteiger partial charge >= 0.3 is 0 Å². The van der Waals surface area contributed by atoms with Crippen LogP contribution in [0.2, 0.25) is 0 Å². The quantitative estimate of drug-likeness (QED) is 0.335. The lowest BCUT2D eigenvalue weighted by Gasteiger charge is -2.21. The minimum atomic E-state index is -0.776. The Bertz CT molecular complexity index is 1340. The minimum Gasteiger partial charge on any atom is -0.439 e. The van der Waals surface area contributed by atoms with E-state index in [1.54, 1.807) is 35.4 Å². The van der Waals surface area contributed by atoms with Gasteiger partial charge in [-0.2, -0.15) is 15.6 Å². The van der Waals surface area contributed by atoms with E-state index < -0.39 is 17.0 Å². The maximum atomic E-state index is 10.7. The Morgan fingerprint density at radius 2 is 1.85 bits per heavy atom. The van der Waals surface area contributed by atoms with Crippen molar-refractivity contribution in [2.45, 2.75) is 6.17 Å². The summed E-state index contributed by atoms with van der Waals surface area (Å²) in [5.74, 6) is -0.108. The molecule has 0 aliphatic carbocycles. The Hall–Kier alpha value is -5.06. The van der Waals surface area contributed by atoms with Gasteiger partial charge in [-0.05, 0) is 35.9 Å². The molecule has 0 spiro atoms. The molecule has 0 bridgehead atoms. The van der Waals surface area contributed by atoms with Crippen molar-refractivity contribution in [2.24, 2.45) is 16.8 Å². The third-order valence-electron chi connectivity index (χ3n) is 5.04. The Labute approximate surface area is 194 Å². The van der Waals surface area contributed by atoms with Gasteiger partial charge in [-0.3, -0.25) is 10.1 Å². The molecule has 0 amide bonds. The van der Waals surface area contributed by atoms with Crippen molar-refractivity contribution < 1.29 is 9.66 Å². The van der Waals surface area contributed by atoms with E-state index in [9.17, 15) is 20.6 Å². The number of nitriles is 2. The first kappa shape index (κ1) is 22.1. The minimum absolute atomic E-state index is 0.132. The lowest BCUT2D eigenvalue weighted by atomic mass is 9.95. The van der Waals surface area contributed by atoms with E-state index in [0.29, 0.717) is 17.0 Å². The normalized spacial score (nSPS) is 17.4. The Morgan fingerprint density at radius 1 is 1.12 bits per heavy atom. The number of nitrogens with zero attached hydrogens (tertiary/aromatic N) is 6. The molecule has 0 saturated heterocycles. The second kappa shape index (κ2) is 9.61. The van der Waals surface area contributed by atoms with Gasteiger partial charge < -0.3 is 10.5 Å². The zero-order chi connectivity index (χ0) is 24.1. The molecule has 10 nitrogen and oxygen atoms in total. The number of hydrazone groups is 1. The molecule has 0 radical (unpaired) electrons. The maximum absolute atomic E-state index is 10.7. The number of benzene rings is 2. The number of hydrogen-bond acceptors (Lipinski definition) is 9. The highest BCUT2D eigenvalue weighted by Gasteiger charge is 2.37. The summed E-state index contributed by atoms with van der Waals surface area (Å²) in [4.78, 5) is 14.1. The van der Waals surface area contributed by atoms with Gasteiger partial charge in [0, 0.05) is 12.1 Å². The Kier molecular flexibility index (Phi) is 6.26. The number of pyridine rings is 1. The largest absolute Gasteiger partial charge is 0.439 e. The van der Waals surface area contributed by atoms with Gasteiger partial charge in [-0.15, -0.1) is 0 Å². The fourth-order valence-corrected chi connectivity index (χ4v) is 3.34. The molecule has 0 fully saturated rings. The highest BCUT2D eigenvalue weighted by atomic mass is 16.6. The summed E-state index contributed by atoms with van der Waals surface area (Å²) in [6, 6.07) is 23.0. The Morgan fingerprint density at radius 3 is 2.44 bits per heavy atom. The van der Waals surface area contributed by atoms with Crippen molar-refractivity contribution >= 4 is 23.2 Å². The summed E-state index contributed by atoms with van der Waals surface area (Å²) in [7, 11) is 0. The molecule has 1 aliphatic heterocycles. The van der Waals surface area contributed by atoms with Crippen LogP contribution in [0.3, 0.4) is 0 Å². The lowest BCUT2D eigenvalue weighted by molar-refractivity contribution is -0.385. The molecule has 34 heavy (non-hydrogen) atoms. The monoisotopic (exact) mass is 451 g/mol. The smallest absolute Gasteiger partial charge is 0.287 e. The third kappa shape index (κ3) is 4.58. The van der Waals surface area contributed by atoms with E-state index in [1.165, 1.54) is 12.1 Å². The topological polar surface area (TPSA) is 154 Å². The number of para-hydroxylation sites is 1. The summed E-state index contributed by atoms with van der Waals surface area (Å²) >= 11 is 0. The number of hydrogen-bond donors (Lipinski definition) is 1. The number of rotatable bonds is 6. The molecular weight excluding hydrogens is 434 g/mol. The molecule has 2 aromatic carbocycles. The molecule has 1 aromatic heterocycles. The predicted molar refractivity (Wildman–Crippen MR) is 124 cm³/mol. The van der Waals surface area contributed by atoms with Crippen LogP contribution in [0, 0.1) is 38.7 Å². The van der Waals surface area contributed by atoms with E-state index in [-0.39, 0.29) is 17.1 Å². The van der Waals surface area contributed by atoms with Gasteiger partial charge in [-0.25, -0.2) is 9.99 Å². The number of ether oxygens (including phenoxy) is 1. The maximum Gasteiger partial charge on any atom is 0.287 e. The molecule has 0 saturated carbocycles. The van der Waals surface area contributed by atoms with Crippen LogP contribution in [0.5, 0.6) is 11.6 Å². The first-order chi connectivity index (χ1) is 16.5. The van der Waals surface area contributed by atoms with E-state index >= 15 is 0 Å². The van der Waals surface area contributed by atoms with Crippen LogP contribution in [-0.4, -0.2) is 21.8 Å². The number of nitro groups is 1. The molecule has 166 valence electrons. The first-order valence-corrected chi connectivity index (χ1v) is 10.1. The van der Waals surface area contributed by atoms with Crippen LogP contribution in [0.1, 0.15) is 5.56 Å². The van der Waals surface area contributed by atoms with E-state index in [0.717, 1.165) is 11.9 Å². The highest BCUT2D eigenvalue weighted by Crippen LogP contribution is 2.29. The van der Waals surface area contributed by atoms with E-state index in [4.69, 9.17) is 10.5 Å². The molecule has 4 rings (SSSR count). The Balaban J connectivity index is 1.55. The van der Waals surface area contributed by atoms with Crippen molar-refractivity contribution in [3.8, 4) is 23.8 Å². The van der Waals surface area contributed by atoms with Crippen molar-refractivity contribution in [2.75, 3.05) is 5.01 Å². The second-order valence-electron chi connectivity index (χ2n) is 7.22. The van der Waals surface area contributed by atoms with Crippen LogP contribution in [0.15, 0.2) is 83.6 Å². The van der Waals surface area contributed by atoms with Crippen LogP contribution < -0.4 is 15.5 Å². The fraction of sp³-hybridized carbons (Fsp3) is 0.0833. The molecule has 3 aromatic rings.